The summed E-state index contributed by atoms with van der Waals surface area (Å²) in [5.74, 6) is -0.0351. The molecule has 0 aliphatic carbocycles. The fraction of sp³-hybridized carbons (Fsp3) is 0.300. The van der Waals surface area contributed by atoms with Crippen molar-refractivity contribution in [2.75, 3.05) is 31.4 Å². The summed E-state index contributed by atoms with van der Waals surface area (Å²) in [5.41, 5.74) is 3.64. The van der Waals surface area contributed by atoms with E-state index in [2.05, 4.69) is 40.6 Å². The highest BCUT2D eigenvalue weighted by atomic mass is 16.2. The minimum Gasteiger partial charge on any atom is -0.378 e. The second-order valence-corrected chi connectivity index (χ2v) is 6.48. The normalized spacial score (nSPS) is 12.8. The first-order chi connectivity index (χ1) is 11.9. The second kappa shape index (κ2) is 8.32. The zero-order valence-corrected chi connectivity index (χ0v) is 15.2. The van der Waals surface area contributed by atoms with Crippen molar-refractivity contribution < 1.29 is 9.69 Å². The molecule has 130 valence electrons. The molecule has 1 amide bonds. The first-order valence-corrected chi connectivity index (χ1v) is 8.30. The Morgan fingerprint density at radius 3 is 2.28 bits per heavy atom. The van der Waals surface area contributed by atoms with Crippen molar-refractivity contribution in [1.82, 2.24) is 0 Å². The van der Waals surface area contributed by atoms with Gasteiger partial charge < -0.3 is 15.1 Å². The van der Waals surface area contributed by atoms with Crippen LogP contribution in [0, 0.1) is 11.3 Å². The first-order valence-electron chi connectivity index (χ1n) is 8.30. The largest absolute Gasteiger partial charge is 0.378 e. The number of hydrogen-bond donors (Lipinski definition) is 2. The van der Waals surface area contributed by atoms with Crippen LogP contribution in [0.4, 0.5) is 11.4 Å². The lowest BCUT2D eigenvalue weighted by atomic mass is 10.1. The lowest BCUT2D eigenvalue weighted by Crippen LogP contribution is -3.12. The zero-order valence-electron chi connectivity index (χ0n) is 15.2. The van der Waals surface area contributed by atoms with E-state index in [4.69, 9.17) is 5.26 Å². The van der Waals surface area contributed by atoms with Crippen molar-refractivity contribution in [2.45, 2.75) is 19.5 Å². The van der Waals surface area contributed by atoms with Gasteiger partial charge in [0.05, 0.1) is 18.7 Å². The molecule has 2 aromatic carbocycles. The number of carbonyl (C=O) groups is 1. The monoisotopic (exact) mass is 337 g/mol. The minimum absolute atomic E-state index is 0.0351. The summed E-state index contributed by atoms with van der Waals surface area (Å²) < 4.78 is 0. The number of nitriles is 1. The Labute approximate surface area is 149 Å². The molecule has 2 aromatic rings. The highest BCUT2D eigenvalue weighted by molar-refractivity contribution is 5.93. The minimum atomic E-state index is -0.191. The summed E-state index contributed by atoms with van der Waals surface area (Å²) in [6.45, 7) is 2.69. The number of quaternary nitrogens is 1. The molecule has 0 heterocycles. The molecule has 2 rings (SSSR count). The van der Waals surface area contributed by atoms with E-state index >= 15 is 0 Å². The summed E-state index contributed by atoms with van der Waals surface area (Å²) in [5, 5.41) is 11.7. The standard InChI is InChI=1S/C20H24N4O/c1-15(20(25)22-18-9-5-16(13-21)6-10-18)24(4)14-17-7-11-19(12-8-17)23(2)3/h5-12,15H,14H2,1-4H3,(H,22,25)/p+1/t15-/m0/s1. The Hall–Kier alpha value is -2.84. The highest BCUT2D eigenvalue weighted by Crippen LogP contribution is 2.12. The predicted molar refractivity (Wildman–Crippen MR) is 101 cm³/mol. The van der Waals surface area contributed by atoms with Crippen molar-refractivity contribution in [3.05, 3.63) is 59.7 Å². The molecule has 0 saturated heterocycles. The lowest BCUT2D eigenvalue weighted by Gasteiger charge is -2.21. The third kappa shape index (κ3) is 5.07. The van der Waals surface area contributed by atoms with E-state index in [9.17, 15) is 4.79 Å². The van der Waals surface area contributed by atoms with Crippen LogP contribution >= 0.6 is 0 Å². The third-order valence-corrected chi connectivity index (χ3v) is 4.35. The molecule has 5 nitrogen and oxygen atoms in total. The average Bonchev–Trinajstić information content (AvgIpc) is 2.62. The van der Waals surface area contributed by atoms with Gasteiger partial charge in [0.2, 0.25) is 0 Å². The van der Waals surface area contributed by atoms with E-state index in [-0.39, 0.29) is 11.9 Å². The second-order valence-electron chi connectivity index (χ2n) is 6.48. The molecule has 0 spiro atoms. The fourth-order valence-electron chi connectivity index (χ4n) is 2.49. The van der Waals surface area contributed by atoms with Crippen LogP contribution in [0.15, 0.2) is 48.5 Å². The number of nitrogens with zero attached hydrogens (tertiary/aromatic N) is 2. The average molecular weight is 337 g/mol. The first kappa shape index (κ1) is 18.5. The van der Waals surface area contributed by atoms with Crippen LogP contribution in [0.5, 0.6) is 0 Å². The van der Waals surface area contributed by atoms with Crippen LogP contribution < -0.4 is 15.1 Å². The number of amides is 1. The van der Waals surface area contributed by atoms with E-state index in [1.165, 1.54) is 5.56 Å². The molecule has 0 aliphatic heterocycles. The Morgan fingerprint density at radius 1 is 1.16 bits per heavy atom. The van der Waals surface area contributed by atoms with Crippen LogP contribution in [-0.2, 0) is 11.3 Å². The molecule has 0 radical (unpaired) electrons. The van der Waals surface area contributed by atoms with Gasteiger partial charge in [-0.1, -0.05) is 12.1 Å². The SMILES string of the molecule is C[C@@H](C(=O)Nc1ccc(C#N)cc1)[NH+](C)Cc1ccc(N(C)C)cc1. The molecular formula is C20H25N4O+. The van der Waals surface area contributed by atoms with Gasteiger partial charge in [-0.15, -0.1) is 0 Å². The summed E-state index contributed by atoms with van der Waals surface area (Å²) in [6, 6.07) is 17.1. The number of rotatable bonds is 6. The van der Waals surface area contributed by atoms with Gasteiger partial charge in [0, 0.05) is 31.0 Å². The molecule has 0 saturated carbocycles. The molecule has 0 aromatic heterocycles. The summed E-state index contributed by atoms with van der Waals surface area (Å²) in [6.07, 6.45) is 0. The molecular weight excluding hydrogens is 312 g/mol. The molecule has 5 heteroatoms. The fourth-order valence-corrected chi connectivity index (χ4v) is 2.49. The number of nitrogens with one attached hydrogen (secondary N) is 2. The van der Waals surface area contributed by atoms with Crippen LogP contribution in [0.25, 0.3) is 0 Å². The van der Waals surface area contributed by atoms with Gasteiger partial charge >= 0.3 is 0 Å². The number of carbonyl (C=O) groups excluding carboxylic acids is 1. The number of hydrogen-bond acceptors (Lipinski definition) is 3. The van der Waals surface area contributed by atoms with Crippen LogP contribution in [0.1, 0.15) is 18.1 Å². The maximum atomic E-state index is 12.4. The van der Waals surface area contributed by atoms with Gasteiger partial charge in [-0.3, -0.25) is 4.79 Å². The molecule has 25 heavy (non-hydrogen) atoms. The zero-order chi connectivity index (χ0) is 18.4. The maximum Gasteiger partial charge on any atom is 0.282 e. The van der Waals surface area contributed by atoms with Crippen molar-refractivity contribution in [3.63, 3.8) is 0 Å². The Morgan fingerprint density at radius 2 is 1.76 bits per heavy atom. The summed E-state index contributed by atoms with van der Waals surface area (Å²) in [4.78, 5) is 15.6. The van der Waals surface area contributed by atoms with E-state index in [0.717, 1.165) is 17.1 Å². The molecule has 2 N–H and O–H groups in total. The Kier molecular flexibility index (Phi) is 6.15. The summed E-state index contributed by atoms with van der Waals surface area (Å²) in [7, 11) is 6.05. The smallest absolute Gasteiger partial charge is 0.282 e. The van der Waals surface area contributed by atoms with Gasteiger partial charge in [-0.2, -0.15) is 5.26 Å². The van der Waals surface area contributed by atoms with Crippen LogP contribution in [0.3, 0.4) is 0 Å². The predicted octanol–water partition coefficient (Wildman–Crippen LogP) is 1.67. The van der Waals surface area contributed by atoms with E-state index in [0.29, 0.717) is 11.3 Å². The van der Waals surface area contributed by atoms with Gasteiger partial charge in [0.1, 0.15) is 6.54 Å². The third-order valence-electron chi connectivity index (χ3n) is 4.35. The van der Waals surface area contributed by atoms with E-state index < -0.39 is 0 Å². The van der Waals surface area contributed by atoms with Gasteiger partial charge in [0.15, 0.2) is 6.04 Å². The maximum absolute atomic E-state index is 12.4. The van der Waals surface area contributed by atoms with Crippen molar-refractivity contribution in [1.29, 1.82) is 5.26 Å². The molecule has 0 bridgehead atoms. The number of likely N-dealkylation sites (N-methyl/N-ethyl adjacent to an activating group) is 1. The number of anilines is 2. The molecule has 0 fully saturated rings. The quantitative estimate of drug-likeness (QED) is 0.843. The molecule has 2 atom stereocenters. The summed E-state index contributed by atoms with van der Waals surface area (Å²) >= 11 is 0. The van der Waals surface area contributed by atoms with E-state index in [1.807, 2.05) is 28.1 Å². The van der Waals surface area contributed by atoms with Crippen molar-refractivity contribution in [3.8, 4) is 6.07 Å². The van der Waals surface area contributed by atoms with Gasteiger partial charge in [-0.25, -0.2) is 0 Å². The lowest BCUT2D eigenvalue weighted by molar-refractivity contribution is -0.907. The highest BCUT2D eigenvalue weighted by Gasteiger charge is 2.22. The van der Waals surface area contributed by atoms with Crippen LogP contribution in [0.2, 0.25) is 0 Å². The van der Waals surface area contributed by atoms with Gasteiger partial charge in [-0.05, 0) is 43.3 Å². The Balaban J connectivity index is 1.94. The van der Waals surface area contributed by atoms with Gasteiger partial charge in [0.25, 0.3) is 5.91 Å². The topological polar surface area (TPSA) is 60.6 Å². The molecule has 0 aliphatic rings. The number of benzene rings is 2. The van der Waals surface area contributed by atoms with E-state index in [1.54, 1.807) is 24.3 Å². The van der Waals surface area contributed by atoms with Crippen molar-refractivity contribution in [2.24, 2.45) is 0 Å². The van der Waals surface area contributed by atoms with Crippen LogP contribution in [-0.4, -0.2) is 33.1 Å². The Bertz CT molecular complexity index is 745. The molecule has 1 unspecified atom stereocenters. The van der Waals surface area contributed by atoms with Crippen molar-refractivity contribution >= 4 is 17.3 Å².